The van der Waals surface area contributed by atoms with Crippen LogP contribution in [0.25, 0.3) is 0 Å². The van der Waals surface area contributed by atoms with E-state index in [1.54, 1.807) is 7.11 Å². The van der Waals surface area contributed by atoms with Gasteiger partial charge in [0.05, 0.1) is 12.2 Å². The van der Waals surface area contributed by atoms with Crippen LogP contribution >= 0.6 is 0 Å². The Balaban J connectivity index is 2.96. The van der Waals surface area contributed by atoms with E-state index < -0.39 is 5.60 Å². The molecule has 0 saturated carbocycles. The third-order valence-electron chi connectivity index (χ3n) is 4.08. The molecule has 4 nitrogen and oxygen atoms in total. The highest BCUT2D eigenvalue weighted by atomic mass is 16.5. The van der Waals surface area contributed by atoms with E-state index in [4.69, 9.17) is 15.2 Å². The first-order valence-corrected chi connectivity index (χ1v) is 6.01. The largest absolute Gasteiger partial charge is 0.387 e. The highest BCUT2D eigenvalue weighted by Crippen LogP contribution is 2.44. The van der Waals surface area contributed by atoms with Gasteiger partial charge in [0.25, 0.3) is 0 Å². The Morgan fingerprint density at radius 2 is 2.00 bits per heavy atom. The average molecular weight is 231 g/mol. The lowest BCUT2D eigenvalue weighted by Gasteiger charge is -2.51. The second-order valence-electron chi connectivity index (χ2n) is 5.11. The van der Waals surface area contributed by atoms with Gasteiger partial charge >= 0.3 is 0 Å². The van der Waals surface area contributed by atoms with E-state index in [0.29, 0.717) is 26.4 Å². The van der Waals surface area contributed by atoms with E-state index in [1.165, 1.54) is 0 Å². The van der Waals surface area contributed by atoms with Crippen molar-refractivity contribution >= 4 is 0 Å². The minimum Gasteiger partial charge on any atom is -0.387 e. The average Bonchev–Trinajstić information content (AvgIpc) is 2.29. The molecular weight excluding hydrogens is 206 g/mol. The van der Waals surface area contributed by atoms with Gasteiger partial charge in [0.1, 0.15) is 0 Å². The standard InChI is InChI=1S/C12H25NO3/c1-10(2)12(14,9-15-3)11(8-13)4-6-16-7-5-11/h10,14H,4-9,13H2,1-3H3. The van der Waals surface area contributed by atoms with Crippen molar-refractivity contribution in [3.05, 3.63) is 0 Å². The van der Waals surface area contributed by atoms with Crippen molar-refractivity contribution in [3.8, 4) is 0 Å². The second kappa shape index (κ2) is 5.45. The lowest BCUT2D eigenvalue weighted by atomic mass is 9.62. The van der Waals surface area contributed by atoms with Crippen LogP contribution in [0.15, 0.2) is 0 Å². The summed E-state index contributed by atoms with van der Waals surface area (Å²) in [5, 5.41) is 10.9. The first-order valence-electron chi connectivity index (χ1n) is 6.01. The van der Waals surface area contributed by atoms with Crippen molar-refractivity contribution in [1.82, 2.24) is 0 Å². The van der Waals surface area contributed by atoms with Crippen molar-refractivity contribution in [2.75, 3.05) is 33.5 Å². The molecule has 1 unspecified atom stereocenters. The van der Waals surface area contributed by atoms with Crippen LogP contribution in [0.4, 0.5) is 0 Å². The zero-order chi connectivity index (χ0) is 12.2. The van der Waals surface area contributed by atoms with Crippen molar-refractivity contribution < 1.29 is 14.6 Å². The van der Waals surface area contributed by atoms with E-state index in [9.17, 15) is 5.11 Å². The summed E-state index contributed by atoms with van der Waals surface area (Å²) in [4.78, 5) is 0. The first kappa shape index (κ1) is 13.9. The number of rotatable bonds is 5. The highest BCUT2D eigenvalue weighted by molar-refractivity contribution is 5.02. The van der Waals surface area contributed by atoms with Gasteiger partial charge in [0.15, 0.2) is 0 Å². The molecular formula is C12H25NO3. The Bertz CT molecular complexity index is 212. The van der Waals surface area contributed by atoms with Crippen molar-refractivity contribution in [2.24, 2.45) is 17.1 Å². The molecule has 16 heavy (non-hydrogen) atoms. The minimum atomic E-state index is -0.861. The molecule has 96 valence electrons. The van der Waals surface area contributed by atoms with Crippen LogP contribution in [0.5, 0.6) is 0 Å². The maximum Gasteiger partial charge on any atom is 0.0972 e. The minimum absolute atomic E-state index is 0.120. The predicted octanol–water partition coefficient (Wildman–Crippen LogP) is 0.775. The summed E-state index contributed by atoms with van der Waals surface area (Å²) in [5.74, 6) is 0.120. The molecule has 1 atom stereocenters. The molecule has 0 radical (unpaired) electrons. The van der Waals surface area contributed by atoms with E-state index in [1.807, 2.05) is 13.8 Å². The molecule has 0 bridgehead atoms. The normalized spacial score (nSPS) is 24.4. The number of ether oxygens (including phenoxy) is 2. The van der Waals surface area contributed by atoms with Gasteiger partial charge in [0, 0.05) is 32.3 Å². The van der Waals surface area contributed by atoms with Crippen LogP contribution in [0.2, 0.25) is 0 Å². The summed E-state index contributed by atoms with van der Waals surface area (Å²) in [6, 6.07) is 0. The molecule has 0 aromatic heterocycles. The van der Waals surface area contributed by atoms with Crippen LogP contribution in [0.1, 0.15) is 26.7 Å². The monoisotopic (exact) mass is 231 g/mol. The summed E-state index contributed by atoms with van der Waals surface area (Å²) in [5.41, 5.74) is 4.79. The fourth-order valence-electron chi connectivity index (χ4n) is 2.73. The third-order valence-corrected chi connectivity index (χ3v) is 4.08. The lowest BCUT2D eigenvalue weighted by Crippen LogP contribution is -2.60. The van der Waals surface area contributed by atoms with Gasteiger partial charge in [-0.3, -0.25) is 0 Å². The van der Waals surface area contributed by atoms with Gasteiger partial charge in [-0.25, -0.2) is 0 Å². The highest BCUT2D eigenvalue weighted by Gasteiger charge is 2.51. The number of methoxy groups -OCH3 is 1. The van der Waals surface area contributed by atoms with Gasteiger partial charge in [-0.1, -0.05) is 13.8 Å². The third kappa shape index (κ3) is 2.25. The smallest absolute Gasteiger partial charge is 0.0972 e. The summed E-state index contributed by atoms with van der Waals surface area (Å²) in [6.07, 6.45) is 1.61. The number of hydrogen-bond acceptors (Lipinski definition) is 4. The predicted molar refractivity (Wildman–Crippen MR) is 63.2 cm³/mol. The number of hydrogen-bond donors (Lipinski definition) is 2. The molecule has 1 aliphatic heterocycles. The molecule has 1 heterocycles. The lowest BCUT2D eigenvalue weighted by molar-refractivity contribution is -0.179. The van der Waals surface area contributed by atoms with Crippen molar-refractivity contribution in [3.63, 3.8) is 0 Å². The summed E-state index contributed by atoms with van der Waals surface area (Å²) >= 11 is 0. The van der Waals surface area contributed by atoms with Gasteiger partial charge < -0.3 is 20.3 Å². The van der Waals surface area contributed by atoms with Crippen LogP contribution in [0.3, 0.4) is 0 Å². The maximum absolute atomic E-state index is 10.9. The number of nitrogens with two attached hydrogens (primary N) is 1. The van der Waals surface area contributed by atoms with Crippen LogP contribution in [0, 0.1) is 11.3 Å². The van der Waals surface area contributed by atoms with Gasteiger partial charge in [-0.2, -0.15) is 0 Å². The zero-order valence-corrected chi connectivity index (χ0v) is 10.7. The molecule has 3 N–H and O–H groups in total. The number of aliphatic hydroxyl groups is 1. The van der Waals surface area contributed by atoms with Crippen molar-refractivity contribution in [1.29, 1.82) is 0 Å². The molecule has 0 aromatic rings. The van der Waals surface area contributed by atoms with Crippen LogP contribution < -0.4 is 5.73 Å². The Hall–Kier alpha value is -0.160. The molecule has 1 saturated heterocycles. The molecule has 4 heteroatoms. The molecule has 1 rings (SSSR count). The molecule has 1 fully saturated rings. The maximum atomic E-state index is 10.9. The molecule has 1 aliphatic rings. The second-order valence-corrected chi connectivity index (χ2v) is 5.11. The molecule has 0 spiro atoms. The topological polar surface area (TPSA) is 64.7 Å². The molecule has 0 aromatic carbocycles. The van der Waals surface area contributed by atoms with E-state index in [-0.39, 0.29) is 11.3 Å². The SMILES string of the molecule is COCC(O)(C(C)C)C1(CN)CCOCC1. The quantitative estimate of drug-likeness (QED) is 0.733. The molecule has 0 amide bonds. The van der Waals surface area contributed by atoms with E-state index in [2.05, 4.69) is 0 Å². The summed E-state index contributed by atoms with van der Waals surface area (Å²) in [6.45, 7) is 6.21. The van der Waals surface area contributed by atoms with Crippen molar-refractivity contribution in [2.45, 2.75) is 32.3 Å². The van der Waals surface area contributed by atoms with Gasteiger partial charge in [0.2, 0.25) is 0 Å². The van der Waals surface area contributed by atoms with Crippen LogP contribution in [-0.4, -0.2) is 44.2 Å². The Morgan fingerprint density at radius 1 is 1.44 bits per heavy atom. The van der Waals surface area contributed by atoms with Gasteiger partial charge in [-0.05, 0) is 18.8 Å². The van der Waals surface area contributed by atoms with Crippen LogP contribution in [-0.2, 0) is 9.47 Å². The fraction of sp³-hybridized carbons (Fsp3) is 1.00. The first-order chi connectivity index (χ1) is 7.52. The Morgan fingerprint density at radius 3 is 2.38 bits per heavy atom. The zero-order valence-electron chi connectivity index (χ0n) is 10.7. The fourth-order valence-corrected chi connectivity index (χ4v) is 2.73. The summed E-state index contributed by atoms with van der Waals surface area (Å²) in [7, 11) is 1.62. The van der Waals surface area contributed by atoms with E-state index in [0.717, 1.165) is 12.8 Å². The Kier molecular flexibility index (Phi) is 4.73. The van der Waals surface area contributed by atoms with E-state index >= 15 is 0 Å². The van der Waals surface area contributed by atoms with Gasteiger partial charge in [-0.15, -0.1) is 0 Å². The summed E-state index contributed by atoms with van der Waals surface area (Å²) < 4.78 is 10.6. The Labute approximate surface area is 98.1 Å². The molecule has 0 aliphatic carbocycles.